The van der Waals surface area contributed by atoms with Crippen molar-refractivity contribution in [3.63, 3.8) is 0 Å². The molecule has 0 saturated heterocycles. The second-order valence-electron chi connectivity index (χ2n) is 2.86. The molecule has 1 rings (SSSR count). The van der Waals surface area contributed by atoms with Crippen molar-refractivity contribution in [3.05, 3.63) is 23.3 Å². The highest BCUT2D eigenvalue weighted by Crippen LogP contribution is 2.34. The lowest BCUT2D eigenvalue weighted by Crippen LogP contribution is -2.20. The number of pyridine rings is 1. The largest absolute Gasteiger partial charge is 0.573 e. The van der Waals surface area contributed by atoms with Crippen molar-refractivity contribution < 1.29 is 31.1 Å². The van der Waals surface area contributed by atoms with E-state index in [2.05, 4.69) is 9.72 Å². The first-order valence-electron chi connectivity index (χ1n) is 4.18. The topological polar surface area (TPSA) is 48.1 Å². The molecule has 17 heavy (non-hydrogen) atoms. The van der Waals surface area contributed by atoms with Gasteiger partial charge >= 0.3 is 6.36 Å². The summed E-state index contributed by atoms with van der Waals surface area (Å²) in [6.07, 6.45) is -8.69. The van der Waals surface area contributed by atoms with Crippen LogP contribution in [0.4, 0.5) is 26.3 Å². The van der Waals surface area contributed by atoms with Gasteiger partial charge in [-0.25, -0.2) is 18.2 Å². The molecule has 1 aromatic rings. The van der Waals surface area contributed by atoms with Gasteiger partial charge in [0.1, 0.15) is 0 Å². The van der Waals surface area contributed by atoms with Crippen LogP contribution in [0.25, 0.3) is 0 Å². The summed E-state index contributed by atoms with van der Waals surface area (Å²) in [7, 11) is 0. The third-order valence-corrected chi connectivity index (χ3v) is 1.64. The summed E-state index contributed by atoms with van der Waals surface area (Å²) in [6.45, 7) is -0.386. The Labute approximate surface area is 91.2 Å². The number of nitrogens with zero attached hydrogens (tertiary/aromatic N) is 1. The molecule has 96 valence electrons. The number of halogens is 6. The first-order chi connectivity index (χ1) is 7.74. The standard InChI is InChI=1S/C8H6F6N2O/c9-4-1-3(2-15)16-5(7(10)11)6(4)17-8(12,13)14/h1,7H,2,15H2. The number of rotatable bonds is 3. The van der Waals surface area contributed by atoms with Crippen LogP contribution in [0.1, 0.15) is 17.8 Å². The lowest BCUT2D eigenvalue weighted by atomic mass is 10.2. The Balaban J connectivity index is 3.27. The van der Waals surface area contributed by atoms with Crippen LogP contribution < -0.4 is 10.5 Å². The van der Waals surface area contributed by atoms with Gasteiger partial charge in [0.2, 0.25) is 0 Å². The predicted octanol–water partition coefficient (Wildman–Crippen LogP) is 2.52. The first kappa shape index (κ1) is 13.6. The van der Waals surface area contributed by atoms with Crippen molar-refractivity contribution in [2.75, 3.05) is 0 Å². The number of hydrogen-bond donors (Lipinski definition) is 1. The van der Waals surface area contributed by atoms with Gasteiger partial charge in [0, 0.05) is 12.6 Å². The van der Waals surface area contributed by atoms with Crippen LogP contribution >= 0.6 is 0 Å². The van der Waals surface area contributed by atoms with E-state index in [1.54, 1.807) is 0 Å². The second kappa shape index (κ2) is 4.78. The average Bonchev–Trinajstić information content (AvgIpc) is 2.18. The van der Waals surface area contributed by atoms with E-state index in [1.807, 2.05) is 0 Å². The third-order valence-electron chi connectivity index (χ3n) is 1.64. The third kappa shape index (κ3) is 3.48. The smallest absolute Gasteiger partial charge is 0.400 e. The maximum Gasteiger partial charge on any atom is 0.573 e. The second-order valence-corrected chi connectivity index (χ2v) is 2.86. The number of ether oxygens (including phenoxy) is 1. The van der Waals surface area contributed by atoms with Crippen LogP contribution in [0, 0.1) is 5.82 Å². The minimum Gasteiger partial charge on any atom is -0.400 e. The molecule has 1 heterocycles. The van der Waals surface area contributed by atoms with Crippen LogP contribution in [0.3, 0.4) is 0 Å². The highest BCUT2D eigenvalue weighted by atomic mass is 19.4. The summed E-state index contributed by atoms with van der Waals surface area (Å²) >= 11 is 0. The number of aromatic nitrogens is 1. The van der Waals surface area contributed by atoms with E-state index in [1.165, 1.54) is 0 Å². The fraction of sp³-hybridized carbons (Fsp3) is 0.375. The summed E-state index contributed by atoms with van der Waals surface area (Å²) in [5, 5.41) is 0. The molecule has 0 aliphatic carbocycles. The van der Waals surface area contributed by atoms with Gasteiger partial charge in [-0.2, -0.15) is 0 Å². The van der Waals surface area contributed by atoms with E-state index in [0.29, 0.717) is 6.07 Å². The molecule has 0 aromatic carbocycles. The lowest BCUT2D eigenvalue weighted by molar-refractivity contribution is -0.276. The van der Waals surface area contributed by atoms with E-state index in [4.69, 9.17) is 5.73 Å². The van der Waals surface area contributed by atoms with E-state index in [0.717, 1.165) is 0 Å². The molecule has 9 heteroatoms. The van der Waals surface area contributed by atoms with E-state index < -0.39 is 30.0 Å². The molecule has 0 bridgehead atoms. The molecule has 0 aliphatic rings. The van der Waals surface area contributed by atoms with Crippen molar-refractivity contribution in [2.24, 2.45) is 5.73 Å². The molecule has 0 atom stereocenters. The fourth-order valence-corrected chi connectivity index (χ4v) is 1.04. The van der Waals surface area contributed by atoms with Crippen LogP contribution in [-0.2, 0) is 6.54 Å². The Morgan fingerprint density at radius 2 is 1.94 bits per heavy atom. The molecule has 0 fully saturated rings. The summed E-state index contributed by atoms with van der Waals surface area (Å²) in [5.74, 6) is -3.22. The predicted molar refractivity (Wildman–Crippen MR) is 43.7 cm³/mol. The minimum atomic E-state index is -5.28. The van der Waals surface area contributed by atoms with Gasteiger partial charge in [0.05, 0.1) is 5.69 Å². The van der Waals surface area contributed by atoms with Gasteiger partial charge in [-0.15, -0.1) is 13.2 Å². The van der Waals surface area contributed by atoms with Crippen LogP contribution in [-0.4, -0.2) is 11.3 Å². The number of nitrogens with two attached hydrogens (primary N) is 1. The summed E-state index contributed by atoms with van der Waals surface area (Å²) in [5.41, 5.74) is 3.30. The number of alkyl halides is 5. The van der Waals surface area contributed by atoms with Gasteiger partial charge in [0.25, 0.3) is 6.43 Å². The molecule has 0 aliphatic heterocycles. The fourth-order valence-electron chi connectivity index (χ4n) is 1.04. The molecular formula is C8H6F6N2O. The van der Waals surface area contributed by atoms with Crippen molar-refractivity contribution in [1.29, 1.82) is 0 Å². The summed E-state index contributed by atoms with van der Waals surface area (Å²) in [4.78, 5) is 3.10. The SMILES string of the molecule is NCc1cc(F)c(OC(F)(F)F)c(C(F)F)n1. The van der Waals surface area contributed by atoms with E-state index in [9.17, 15) is 26.3 Å². The number of hydrogen-bond acceptors (Lipinski definition) is 3. The monoisotopic (exact) mass is 260 g/mol. The molecular weight excluding hydrogens is 254 g/mol. The maximum absolute atomic E-state index is 13.1. The molecule has 3 nitrogen and oxygen atoms in total. The van der Waals surface area contributed by atoms with Gasteiger partial charge in [0.15, 0.2) is 17.3 Å². The van der Waals surface area contributed by atoms with Crippen LogP contribution in [0.15, 0.2) is 6.07 Å². The molecule has 0 saturated carbocycles. The zero-order valence-corrected chi connectivity index (χ0v) is 8.06. The Bertz CT molecular complexity index is 406. The molecule has 1 aromatic heterocycles. The van der Waals surface area contributed by atoms with Crippen molar-refractivity contribution in [2.45, 2.75) is 19.3 Å². The molecule has 0 spiro atoms. The first-order valence-corrected chi connectivity index (χ1v) is 4.18. The zero-order valence-electron chi connectivity index (χ0n) is 8.06. The Morgan fingerprint density at radius 1 is 1.35 bits per heavy atom. The van der Waals surface area contributed by atoms with Crippen molar-refractivity contribution in [3.8, 4) is 5.75 Å². The Kier molecular flexibility index (Phi) is 3.81. The molecule has 0 radical (unpaired) electrons. The summed E-state index contributed by atoms with van der Waals surface area (Å²) < 4.78 is 76.6. The molecule has 0 amide bonds. The average molecular weight is 260 g/mol. The van der Waals surface area contributed by atoms with E-state index in [-0.39, 0.29) is 12.2 Å². The van der Waals surface area contributed by atoms with Gasteiger partial charge in [-0.1, -0.05) is 0 Å². The van der Waals surface area contributed by atoms with Crippen LogP contribution in [0.2, 0.25) is 0 Å². The normalized spacial score (nSPS) is 12.0. The highest BCUT2D eigenvalue weighted by molar-refractivity contribution is 5.32. The quantitative estimate of drug-likeness (QED) is 0.849. The maximum atomic E-state index is 13.1. The minimum absolute atomic E-state index is 0.299. The lowest BCUT2D eigenvalue weighted by Gasteiger charge is -2.13. The Morgan fingerprint density at radius 3 is 2.35 bits per heavy atom. The van der Waals surface area contributed by atoms with Gasteiger partial charge in [-0.3, -0.25) is 0 Å². The summed E-state index contributed by atoms with van der Waals surface area (Å²) in [6, 6.07) is 0.507. The van der Waals surface area contributed by atoms with Gasteiger partial charge in [-0.05, 0) is 0 Å². The molecule has 2 N–H and O–H groups in total. The molecule has 0 unspecified atom stereocenters. The van der Waals surface area contributed by atoms with Crippen LogP contribution in [0.5, 0.6) is 5.75 Å². The van der Waals surface area contributed by atoms with Crippen molar-refractivity contribution in [1.82, 2.24) is 4.98 Å². The van der Waals surface area contributed by atoms with E-state index >= 15 is 0 Å². The van der Waals surface area contributed by atoms with Gasteiger partial charge < -0.3 is 10.5 Å². The highest BCUT2D eigenvalue weighted by Gasteiger charge is 2.35. The van der Waals surface area contributed by atoms with Crippen molar-refractivity contribution >= 4 is 0 Å². The zero-order chi connectivity index (χ0) is 13.2. The Hall–Kier alpha value is -1.51.